The van der Waals surface area contributed by atoms with Gasteiger partial charge in [0.05, 0.1) is 10.6 Å². The molecule has 0 fully saturated rings. The summed E-state index contributed by atoms with van der Waals surface area (Å²) >= 11 is 1.66. The van der Waals surface area contributed by atoms with Crippen LogP contribution in [0.2, 0.25) is 0 Å². The van der Waals surface area contributed by atoms with Crippen molar-refractivity contribution in [3.05, 3.63) is 28.3 Å². The third kappa shape index (κ3) is 4.87. The zero-order valence-electron chi connectivity index (χ0n) is 12.1. The maximum absolute atomic E-state index is 12.2. The first-order chi connectivity index (χ1) is 9.81. The van der Waals surface area contributed by atoms with Crippen molar-refractivity contribution in [3.63, 3.8) is 0 Å². The lowest BCUT2D eigenvalue weighted by molar-refractivity contribution is -0.384. The lowest BCUT2D eigenvalue weighted by Gasteiger charge is -2.12. The number of hydrogen-bond acceptors (Lipinski definition) is 6. The molecule has 0 spiro atoms. The van der Waals surface area contributed by atoms with Crippen molar-refractivity contribution in [2.45, 2.75) is 23.5 Å². The minimum Gasteiger partial charge on any atom is -0.387 e. The number of nitrogens with zero attached hydrogens (tertiary/aromatic N) is 1. The van der Waals surface area contributed by atoms with E-state index in [-0.39, 0.29) is 16.3 Å². The minimum absolute atomic E-state index is 0.00686. The highest BCUT2D eigenvalue weighted by atomic mass is 32.2. The number of benzene rings is 1. The molecule has 7 nitrogen and oxygen atoms in total. The minimum atomic E-state index is -3.69. The van der Waals surface area contributed by atoms with E-state index < -0.39 is 14.9 Å². The standard InChI is InChI=1S/C12H19N3O4S2/c1-9(20-3)6-7-14-21(18,19)12-5-4-10(15(16)17)8-11(12)13-2/h4-5,8-9,13-14H,6-7H2,1-3H3. The van der Waals surface area contributed by atoms with E-state index in [1.54, 1.807) is 11.8 Å². The summed E-state index contributed by atoms with van der Waals surface area (Å²) in [5.41, 5.74) is 0.0453. The van der Waals surface area contributed by atoms with Crippen LogP contribution in [0.5, 0.6) is 0 Å². The molecule has 1 rings (SSSR count). The van der Waals surface area contributed by atoms with Gasteiger partial charge in [0.1, 0.15) is 4.90 Å². The van der Waals surface area contributed by atoms with E-state index in [1.807, 2.05) is 13.2 Å². The molecule has 0 amide bonds. The second kappa shape index (κ2) is 7.62. The van der Waals surface area contributed by atoms with Crippen LogP contribution < -0.4 is 10.0 Å². The fourth-order valence-electron chi connectivity index (χ4n) is 1.65. The first-order valence-corrected chi connectivity index (χ1v) is 9.07. The van der Waals surface area contributed by atoms with E-state index in [0.29, 0.717) is 18.2 Å². The normalized spacial score (nSPS) is 12.9. The topological polar surface area (TPSA) is 101 Å². The van der Waals surface area contributed by atoms with Gasteiger partial charge in [0.15, 0.2) is 0 Å². The molecule has 0 aliphatic rings. The zero-order valence-corrected chi connectivity index (χ0v) is 13.8. The summed E-state index contributed by atoms with van der Waals surface area (Å²) in [5, 5.41) is 13.8. The molecule has 1 aromatic carbocycles. The van der Waals surface area contributed by atoms with Crippen LogP contribution in [0.25, 0.3) is 0 Å². The Bertz CT molecular complexity index is 605. The summed E-state index contributed by atoms with van der Waals surface area (Å²) < 4.78 is 27.0. The predicted molar refractivity (Wildman–Crippen MR) is 85.4 cm³/mol. The average molecular weight is 333 g/mol. The number of anilines is 1. The first-order valence-electron chi connectivity index (χ1n) is 6.30. The van der Waals surface area contributed by atoms with Gasteiger partial charge < -0.3 is 5.32 Å². The Kier molecular flexibility index (Phi) is 6.43. The smallest absolute Gasteiger partial charge is 0.271 e. The highest BCUT2D eigenvalue weighted by molar-refractivity contribution is 7.99. The highest BCUT2D eigenvalue weighted by Gasteiger charge is 2.20. The van der Waals surface area contributed by atoms with Crippen LogP contribution in [0.15, 0.2) is 23.1 Å². The zero-order chi connectivity index (χ0) is 16.0. The largest absolute Gasteiger partial charge is 0.387 e. The van der Waals surface area contributed by atoms with E-state index in [9.17, 15) is 18.5 Å². The van der Waals surface area contributed by atoms with Gasteiger partial charge in [-0.3, -0.25) is 10.1 Å². The molecule has 0 aliphatic carbocycles. The molecular formula is C12H19N3O4S2. The van der Waals surface area contributed by atoms with Crippen molar-refractivity contribution in [2.75, 3.05) is 25.2 Å². The molecule has 0 bridgehead atoms. The van der Waals surface area contributed by atoms with Gasteiger partial charge in [-0.2, -0.15) is 11.8 Å². The Hall–Kier alpha value is -1.32. The number of sulfonamides is 1. The Morgan fingerprint density at radius 3 is 2.62 bits per heavy atom. The molecule has 0 aliphatic heterocycles. The molecule has 0 saturated carbocycles. The predicted octanol–water partition coefficient (Wildman–Crippen LogP) is 2.06. The van der Waals surface area contributed by atoms with Crippen LogP contribution in [-0.4, -0.2) is 38.4 Å². The maximum Gasteiger partial charge on any atom is 0.271 e. The maximum atomic E-state index is 12.2. The van der Waals surface area contributed by atoms with Gasteiger partial charge in [0.2, 0.25) is 10.0 Å². The molecule has 0 aromatic heterocycles. The summed E-state index contributed by atoms with van der Waals surface area (Å²) in [6, 6.07) is 3.63. The lowest BCUT2D eigenvalue weighted by atomic mass is 10.3. The molecule has 21 heavy (non-hydrogen) atoms. The van der Waals surface area contributed by atoms with Gasteiger partial charge in [-0.1, -0.05) is 6.92 Å². The average Bonchev–Trinajstić information content (AvgIpc) is 2.45. The van der Waals surface area contributed by atoms with Gasteiger partial charge in [-0.25, -0.2) is 13.1 Å². The Morgan fingerprint density at radius 1 is 1.43 bits per heavy atom. The van der Waals surface area contributed by atoms with Crippen LogP contribution in [0, 0.1) is 10.1 Å². The molecule has 118 valence electrons. The SMILES string of the molecule is CNc1cc([N+](=O)[O-])ccc1S(=O)(=O)NCCC(C)SC. The number of nitro groups is 1. The number of thioether (sulfide) groups is 1. The second-order valence-corrected chi connectivity index (χ2v) is 7.43. The Balaban J connectivity index is 2.95. The van der Waals surface area contributed by atoms with Crippen molar-refractivity contribution in [3.8, 4) is 0 Å². The van der Waals surface area contributed by atoms with E-state index in [4.69, 9.17) is 0 Å². The number of rotatable bonds is 8. The Labute approximate surface area is 128 Å². The molecule has 0 saturated heterocycles. The van der Waals surface area contributed by atoms with E-state index in [1.165, 1.54) is 25.2 Å². The monoisotopic (exact) mass is 333 g/mol. The van der Waals surface area contributed by atoms with Crippen LogP contribution >= 0.6 is 11.8 Å². The van der Waals surface area contributed by atoms with E-state index in [0.717, 1.165) is 0 Å². The molecule has 0 radical (unpaired) electrons. The molecule has 1 atom stereocenters. The van der Waals surface area contributed by atoms with E-state index in [2.05, 4.69) is 10.0 Å². The van der Waals surface area contributed by atoms with Crippen molar-refractivity contribution in [1.29, 1.82) is 0 Å². The highest BCUT2D eigenvalue weighted by Crippen LogP contribution is 2.26. The Morgan fingerprint density at radius 2 is 2.10 bits per heavy atom. The van der Waals surface area contributed by atoms with Gasteiger partial charge in [0.25, 0.3) is 5.69 Å². The van der Waals surface area contributed by atoms with Gasteiger partial charge >= 0.3 is 0 Å². The summed E-state index contributed by atoms with van der Waals surface area (Å²) in [7, 11) is -2.17. The van der Waals surface area contributed by atoms with Gasteiger partial charge in [-0.15, -0.1) is 0 Å². The number of nitrogens with one attached hydrogen (secondary N) is 2. The quantitative estimate of drug-likeness (QED) is 0.558. The van der Waals surface area contributed by atoms with Crippen LogP contribution in [0.3, 0.4) is 0 Å². The van der Waals surface area contributed by atoms with Crippen molar-refractivity contribution in [1.82, 2.24) is 4.72 Å². The molecular weight excluding hydrogens is 314 g/mol. The third-order valence-corrected chi connectivity index (χ3v) is 5.54. The van der Waals surface area contributed by atoms with Crippen molar-refractivity contribution < 1.29 is 13.3 Å². The molecule has 1 aromatic rings. The molecule has 9 heteroatoms. The molecule has 2 N–H and O–H groups in total. The summed E-state index contributed by atoms with van der Waals surface area (Å²) in [6.45, 7) is 2.34. The fraction of sp³-hybridized carbons (Fsp3) is 0.500. The summed E-state index contributed by atoms with van der Waals surface area (Å²) in [6.07, 6.45) is 2.68. The summed E-state index contributed by atoms with van der Waals surface area (Å²) in [4.78, 5) is 10.2. The van der Waals surface area contributed by atoms with Gasteiger partial charge in [0, 0.05) is 31.0 Å². The number of nitro benzene ring substituents is 1. The second-order valence-electron chi connectivity index (χ2n) is 4.42. The first kappa shape index (κ1) is 17.7. The van der Waals surface area contributed by atoms with Crippen LogP contribution in [0.1, 0.15) is 13.3 Å². The third-order valence-electron chi connectivity index (χ3n) is 2.98. The number of hydrogen-bond donors (Lipinski definition) is 2. The summed E-state index contributed by atoms with van der Waals surface area (Å²) in [5.74, 6) is 0. The number of non-ortho nitro benzene ring substituents is 1. The fourth-order valence-corrected chi connectivity index (χ4v) is 3.25. The van der Waals surface area contributed by atoms with E-state index >= 15 is 0 Å². The van der Waals surface area contributed by atoms with Crippen LogP contribution in [0.4, 0.5) is 11.4 Å². The van der Waals surface area contributed by atoms with Crippen molar-refractivity contribution in [2.24, 2.45) is 0 Å². The molecule has 1 unspecified atom stereocenters. The van der Waals surface area contributed by atoms with Gasteiger partial charge in [-0.05, 0) is 18.7 Å². The van der Waals surface area contributed by atoms with Crippen LogP contribution in [-0.2, 0) is 10.0 Å². The van der Waals surface area contributed by atoms with Crippen molar-refractivity contribution >= 4 is 33.2 Å². The molecule has 0 heterocycles. The lowest BCUT2D eigenvalue weighted by Crippen LogP contribution is -2.27.